The van der Waals surface area contributed by atoms with Crippen LogP contribution in [-0.2, 0) is 28.3 Å². The van der Waals surface area contributed by atoms with Crippen molar-refractivity contribution in [3.63, 3.8) is 0 Å². The molecule has 0 aliphatic rings. The molecule has 4 aromatic carbocycles. The molecule has 49 heavy (non-hydrogen) atoms. The number of carbonyl (C=O) groups is 5. The third-order valence-corrected chi connectivity index (χ3v) is 10.3. The van der Waals surface area contributed by atoms with Crippen LogP contribution >= 0.6 is 7.37 Å². The average molecular weight is 687 g/mol. The van der Waals surface area contributed by atoms with Crippen LogP contribution in [0.5, 0.6) is 0 Å². The maximum Gasteiger partial charge on any atom is 0.305 e. The fourth-order valence-corrected chi connectivity index (χ4v) is 6.96. The van der Waals surface area contributed by atoms with Gasteiger partial charge >= 0.3 is 5.97 Å². The zero-order chi connectivity index (χ0) is 35.7. The van der Waals surface area contributed by atoms with Gasteiger partial charge in [-0.25, -0.2) is 0 Å². The third-order valence-electron chi connectivity index (χ3n) is 7.88. The van der Waals surface area contributed by atoms with E-state index in [9.17, 15) is 33.6 Å². The summed E-state index contributed by atoms with van der Waals surface area (Å²) < 4.78 is 20.0. The molecule has 0 aliphatic heterocycles. The van der Waals surface area contributed by atoms with Gasteiger partial charge in [0.2, 0.25) is 5.91 Å². The first-order valence-corrected chi connectivity index (χ1v) is 17.3. The zero-order valence-corrected chi connectivity index (χ0v) is 28.3. The molecule has 4 aromatic rings. The number of nitrogens with one attached hydrogen (secondary N) is 1. The van der Waals surface area contributed by atoms with E-state index in [4.69, 9.17) is 10.3 Å². The van der Waals surface area contributed by atoms with Gasteiger partial charge in [-0.2, -0.15) is 0 Å². The van der Waals surface area contributed by atoms with Crippen molar-refractivity contribution in [3.8, 4) is 0 Å². The number of nitrogens with two attached hydrogens (primary N) is 1. The van der Waals surface area contributed by atoms with Gasteiger partial charge in [0.05, 0.1) is 19.0 Å². The summed E-state index contributed by atoms with van der Waals surface area (Å²) in [5.74, 6) is -5.11. The summed E-state index contributed by atoms with van der Waals surface area (Å²) in [6.07, 6.45) is -0.563. The van der Waals surface area contributed by atoms with E-state index < -0.39 is 68.6 Å². The number of aliphatic carboxylic acids is 1. The number of imide groups is 1. The van der Waals surface area contributed by atoms with Gasteiger partial charge in [-0.15, -0.1) is 0 Å². The third kappa shape index (κ3) is 8.85. The van der Waals surface area contributed by atoms with E-state index >= 15 is 0 Å². The van der Waals surface area contributed by atoms with Crippen molar-refractivity contribution in [2.24, 2.45) is 11.7 Å². The second-order valence-corrected chi connectivity index (χ2v) is 14.1. The Bertz CT molecular complexity index is 1830. The van der Waals surface area contributed by atoms with Crippen molar-refractivity contribution in [2.45, 2.75) is 39.3 Å². The quantitative estimate of drug-likeness (QED) is 0.140. The summed E-state index contributed by atoms with van der Waals surface area (Å²) >= 11 is 0. The molecule has 0 bridgehead atoms. The van der Waals surface area contributed by atoms with Crippen LogP contribution in [0.2, 0.25) is 0 Å². The standard InChI is InChI=1S/C36H39N4O8P/c1-24(2)33(37)36(46)40(35(45)28-19-18-26-12-10-11-13-27(26)22-28)25(3)34(44)38-39(21-20-32(42)43)31(41)23-48-49(47,29-14-6-4-7-15-29)30-16-8-5-9-17-30/h4-19,22,24-25,33H,20-21,23,37H2,1-3H3,(H,38,44)(H,42,43). The molecule has 4 amide bonds. The number of hydrazine groups is 1. The number of carboxylic acids is 1. The average Bonchev–Trinajstić information content (AvgIpc) is 3.11. The lowest BCUT2D eigenvalue weighted by atomic mass is 10.0. The second kappa shape index (κ2) is 16.3. The molecular formula is C36H39N4O8P. The van der Waals surface area contributed by atoms with Crippen molar-refractivity contribution in [2.75, 3.05) is 13.2 Å². The highest BCUT2D eigenvalue weighted by atomic mass is 31.2. The van der Waals surface area contributed by atoms with E-state index in [1.807, 2.05) is 12.1 Å². The summed E-state index contributed by atoms with van der Waals surface area (Å²) in [5.41, 5.74) is 8.65. The summed E-state index contributed by atoms with van der Waals surface area (Å²) in [6.45, 7) is 3.40. The minimum absolute atomic E-state index is 0.132. The molecule has 4 N–H and O–H groups in total. The van der Waals surface area contributed by atoms with E-state index in [0.29, 0.717) is 10.6 Å². The van der Waals surface area contributed by atoms with E-state index in [2.05, 4.69) is 5.43 Å². The Labute approximate surface area is 284 Å². The van der Waals surface area contributed by atoms with E-state index in [1.54, 1.807) is 98.8 Å². The molecule has 0 saturated carbocycles. The highest BCUT2D eigenvalue weighted by Crippen LogP contribution is 2.44. The predicted molar refractivity (Wildman–Crippen MR) is 185 cm³/mol. The van der Waals surface area contributed by atoms with Crippen LogP contribution in [0.1, 0.15) is 37.6 Å². The number of rotatable bonds is 13. The van der Waals surface area contributed by atoms with Crippen LogP contribution in [0.25, 0.3) is 10.8 Å². The van der Waals surface area contributed by atoms with Crippen LogP contribution in [0.15, 0.2) is 103 Å². The number of carboxylic acid groups (broad SMARTS) is 1. The largest absolute Gasteiger partial charge is 0.481 e. The molecule has 0 radical (unpaired) electrons. The minimum atomic E-state index is -3.81. The SMILES string of the molecule is CC(C)C(N)C(=O)N(C(=O)c1ccc2ccccc2c1)C(C)C(=O)NN(CCC(=O)O)C(=O)COP(=O)(c1ccccc1)c1ccccc1. The Kier molecular flexibility index (Phi) is 12.2. The monoisotopic (exact) mass is 686 g/mol. The van der Waals surface area contributed by atoms with Crippen molar-refractivity contribution >= 4 is 58.3 Å². The first kappa shape index (κ1) is 36.7. The van der Waals surface area contributed by atoms with E-state index in [1.165, 1.54) is 13.0 Å². The second-order valence-electron chi connectivity index (χ2n) is 11.7. The Hall–Kier alpha value is -5.16. The highest BCUT2D eigenvalue weighted by molar-refractivity contribution is 7.74. The van der Waals surface area contributed by atoms with Gasteiger partial charge in [-0.1, -0.05) is 80.6 Å². The Morgan fingerprint density at radius 2 is 1.37 bits per heavy atom. The van der Waals surface area contributed by atoms with Crippen LogP contribution in [0.3, 0.4) is 0 Å². The van der Waals surface area contributed by atoms with Crippen LogP contribution in [0.4, 0.5) is 0 Å². The molecule has 0 aliphatic carbocycles. The van der Waals surface area contributed by atoms with Gasteiger partial charge in [0.25, 0.3) is 25.1 Å². The first-order valence-electron chi connectivity index (χ1n) is 15.6. The Balaban J connectivity index is 1.60. The molecule has 0 spiro atoms. The zero-order valence-electron chi connectivity index (χ0n) is 27.4. The van der Waals surface area contributed by atoms with Gasteiger partial charge in [-0.3, -0.25) is 43.9 Å². The van der Waals surface area contributed by atoms with Gasteiger partial charge in [0, 0.05) is 16.2 Å². The van der Waals surface area contributed by atoms with Gasteiger partial charge in [0.1, 0.15) is 12.6 Å². The van der Waals surface area contributed by atoms with Crippen molar-refractivity contribution in [1.29, 1.82) is 0 Å². The highest BCUT2D eigenvalue weighted by Gasteiger charge is 2.37. The molecule has 13 heteroatoms. The first-order chi connectivity index (χ1) is 23.3. The van der Waals surface area contributed by atoms with Crippen LogP contribution in [-0.4, -0.2) is 69.8 Å². The Morgan fingerprint density at radius 1 is 0.816 bits per heavy atom. The van der Waals surface area contributed by atoms with E-state index in [0.717, 1.165) is 20.7 Å². The molecule has 256 valence electrons. The van der Waals surface area contributed by atoms with Crippen molar-refractivity contribution in [3.05, 3.63) is 109 Å². The molecule has 2 atom stereocenters. The summed E-state index contributed by atoms with van der Waals surface area (Å²) in [5, 5.41) is 12.3. The molecule has 0 fully saturated rings. The maximum absolute atomic E-state index is 14.2. The number of hydrogen-bond donors (Lipinski definition) is 3. The molecule has 0 saturated heterocycles. The normalized spacial score (nSPS) is 12.6. The number of fused-ring (bicyclic) bond motifs is 1. The predicted octanol–water partition coefficient (Wildman–Crippen LogP) is 3.46. The number of benzene rings is 4. The smallest absolute Gasteiger partial charge is 0.305 e. The summed E-state index contributed by atoms with van der Waals surface area (Å²) in [7, 11) is -3.81. The fraction of sp³-hybridized carbons (Fsp3) is 0.250. The van der Waals surface area contributed by atoms with Gasteiger partial charge in [0.15, 0.2) is 0 Å². The van der Waals surface area contributed by atoms with E-state index in [-0.39, 0.29) is 11.5 Å². The lowest BCUT2D eigenvalue weighted by molar-refractivity contribution is -0.148. The molecule has 2 unspecified atom stereocenters. The fourth-order valence-electron chi connectivity index (χ4n) is 4.94. The Morgan fingerprint density at radius 3 is 1.92 bits per heavy atom. The molecule has 0 aromatic heterocycles. The summed E-state index contributed by atoms with van der Waals surface area (Å²) in [6, 6.07) is 26.1. The lowest BCUT2D eigenvalue weighted by Crippen LogP contribution is -2.59. The number of carbonyl (C=O) groups excluding carboxylic acids is 4. The molecular weight excluding hydrogens is 647 g/mol. The topological polar surface area (TPSA) is 176 Å². The minimum Gasteiger partial charge on any atom is -0.481 e. The van der Waals surface area contributed by atoms with Crippen molar-refractivity contribution in [1.82, 2.24) is 15.3 Å². The molecule has 0 heterocycles. The number of amides is 4. The molecule has 12 nitrogen and oxygen atoms in total. The lowest BCUT2D eigenvalue weighted by Gasteiger charge is -2.32. The van der Waals surface area contributed by atoms with Crippen LogP contribution < -0.4 is 21.8 Å². The maximum atomic E-state index is 14.2. The molecule has 4 rings (SSSR count). The number of nitrogens with zero attached hydrogens (tertiary/aromatic N) is 2. The van der Waals surface area contributed by atoms with Crippen LogP contribution in [0, 0.1) is 5.92 Å². The van der Waals surface area contributed by atoms with Gasteiger partial charge in [-0.05, 0) is 60.0 Å². The summed E-state index contributed by atoms with van der Waals surface area (Å²) in [4.78, 5) is 66.9. The van der Waals surface area contributed by atoms with Gasteiger partial charge < -0.3 is 15.4 Å². The van der Waals surface area contributed by atoms with Crippen molar-refractivity contribution < 1.29 is 38.2 Å². The number of hydrogen-bond acceptors (Lipinski definition) is 8.